The van der Waals surface area contributed by atoms with Crippen molar-refractivity contribution in [1.29, 1.82) is 0 Å². The summed E-state index contributed by atoms with van der Waals surface area (Å²) in [6.07, 6.45) is 2.43. The summed E-state index contributed by atoms with van der Waals surface area (Å²) in [5, 5.41) is 1.09. The third kappa shape index (κ3) is 3.48. The zero-order valence-electron chi connectivity index (χ0n) is 14.5. The standard InChI is InChI=1S/C21H21FN2O2/c22-18-7-5-16(6-8-18)14-24-15-17(19-3-1-2-4-20(19)24)13-21(25)23-9-11-26-12-10-23/h1-8,15H,9-14H2. The summed E-state index contributed by atoms with van der Waals surface area (Å²) < 4.78 is 20.6. The number of morpholine rings is 1. The fourth-order valence-electron chi connectivity index (χ4n) is 3.47. The molecule has 2 heterocycles. The van der Waals surface area contributed by atoms with Crippen molar-refractivity contribution in [3.8, 4) is 0 Å². The van der Waals surface area contributed by atoms with Crippen molar-refractivity contribution < 1.29 is 13.9 Å². The highest BCUT2D eigenvalue weighted by Crippen LogP contribution is 2.23. The SMILES string of the molecule is O=C(Cc1cn(Cc2ccc(F)cc2)c2ccccc12)N1CCOCC1. The molecule has 1 saturated heterocycles. The number of aromatic nitrogens is 1. The molecule has 2 aromatic carbocycles. The Morgan fingerprint density at radius 3 is 2.54 bits per heavy atom. The summed E-state index contributed by atoms with van der Waals surface area (Å²) in [5.41, 5.74) is 3.14. The Hall–Kier alpha value is -2.66. The number of carbonyl (C=O) groups is 1. The number of halogens is 1. The minimum absolute atomic E-state index is 0.137. The van der Waals surface area contributed by atoms with E-state index in [2.05, 4.69) is 16.7 Å². The summed E-state index contributed by atoms with van der Waals surface area (Å²) in [7, 11) is 0. The van der Waals surface area contributed by atoms with Gasteiger partial charge in [-0.25, -0.2) is 4.39 Å². The van der Waals surface area contributed by atoms with Crippen LogP contribution in [0.3, 0.4) is 0 Å². The van der Waals surface area contributed by atoms with Crippen LogP contribution in [-0.4, -0.2) is 41.7 Å². The molecule has 3 aromatic rings. The number of nitrogens with zero attached hydrogens (tertiary/aromatic N) is 2. The highest BCUT2D eigenvalue weighted by molar-refractivity contribution is 5.89. The highest BCUT2D eigenvalue weighted by Gasteiger charge is 2.19. The molecule has 1 fully saturated rings. The first kappa shape index (κ1) is 16.8. The topological polar surface area (TPSA) is 34.5 Å². The summed E-state index contributed by atoms with van der Waals surface area (Å²) in [6, 6.07) is 14.6. The number of rotatable bonds is 4. The third-order valence-corrected chi connectivity index (χ3v) is 4.84. The molecule has 134 valence electrons. The number of amides is 1. The van der Waals surface area contributed by atoms with Crippen molar-refractivity contribution in [3.05, 3.63) is 71.7 Å². The van der Waals surface area contributed by atoms with E-state index in [-0.39, 0.29) is 11.7 Å². The van der Waals surface area contributed by atoms with Gasteiger partial charge in [0.25, 0.3) is 0 Å². The molecule has 0 bridgehead atoms. The monoisotopic (exact) mass is 352 g/mol. The fourth-order valence-corrected chi connectivity index (χ4v) is 3.47. The average molecular weight is 352 g/mol. The maximum atomic E-state index is 13.1. The Morgan fingerprint density at radius 1 is 1.04 bits per heavy atom. The van der Waals surface area contributed by atoms with Crippen molar-refractivity contribution in [2.45, 2.75) is 13.0 Å². The molecule has 5 heteroatoms. The largest absolute Gasteiger partial charge is 0.378 e. The van der Waals surface area contributed by atoms with Gasteiger partial charge in [-0.3, -0.25) is 4.79 Å². The summed E-state index contributed by atoms with van der Waals surface area (Å²) in [6.45, 7) is 3.18. The molecule has 0 unspecified atom stereocenters. The minimum Gasteiger partial charge on any atom is -0.378 e. The summed E-state index contributed by atoms with van der Waals surface area (Å²) >= 11 is 0. The number of carbonyl (C=O) groups excluding carboxylic acids is 1. The number of para-hydroxylation sites is 1. The number of benzene rings is 2. The van der Waals surface area contributed by atoms with Crippen LogP contribution in [0.1, 0.15) is 11.1 Å². The van der Waals surface area contributed by atoms with Gasteiger partial charge in [0.05, 0.1) is 19.6 Å². The van der Waals surface area contributed by atoms with Gasteiger partial charge in [0.2, 0.25) is 5.91 Å². The molecular formula is C21H21FN2O2. The zero-order chi connectivity index (χ0) is 17.9. The molecule has 0 aliphatic carbocycles. The van der Waals surface area contributed by atoms with E-state index in [4.69, 9.17) is 4.74 Å². The number of hydrogen-bond donors (Lipinski definition) is 0. The first-order valence-electron chi connectivity index (χ1n) is 8.87. The predicted octanol–water partition coefficient (Wildman–Crippen LogP) is 3.23. The summed E-state index contributed by atoms with van der Waals surface area (Å²) in [4.78, 5) is 14.5. The maximum absolute atomic E-state index is 13.1. The lowest BCUT2D eigenvalue weighted by Gasteiger charge is -2.26. The van der Waals surface area contributed by atoms with Gasteiger partial charge in [-0.1, -0.05) is 30.3 Å². The molecule has 0 atom stereocenters. The van der Waals surface area contributed by atoms with Crippen LogP contribution in [0, 0.1) is 5.82 Å². The van der Waals surface area contributed by atoms with Crippen molar-refractivity contribution in [2.24, 2.45) is 0 Å². The van der Waals surface area contributed by atoms with Crippen molar-refractivity contribution in [3.63, 3.8) is 0 Å². The van der Waals surface area contributed by atoms with E-state index in [0.29, 0.717) is 39.3 Å². The van der Waals surface area contributed by atoms with E-state index in [1.165, 1.54) is 12.1 Å². The molecule has 4 nitrogen and oxygen atoms in total. The lowest BCUT2D eigenvalue weighted by atomic mass is 10.1. The predicted molar refractivity (Wildman–Crippen MR) is 98.5 cm³/mol. The van der Waals surface area contributed by atoms with Crippen LogP contribution in [0.15, 0.2) is 54.7 Å². The van der Waals surface area contributed by atoms with Crippen molar-refractivity contribution in [2.75, 3.05) is 26.3 Å². The van der Waals surface area contributed by atoms with E-state index in [0.717, 1.165) is 22.0 Å². The molecule has 1 amide bonds. The molecule has 0 N–H and O–H groups in total. The Morgan fingerprint density at radius 2 is 1.77 bits per heavy atom. The normalized spacial score (nSPS) is 14.7. The molecule has 4 rings (SSSR count). The van der Waals surface area contributed by atoms with Crippen molar-refractivity contribution in [1.82, 2.24) is 9.47 Å². The third-order valence-electron chi connectivity index (χ3n) is 4.84. The first-order valence-corrected chi connectivity index (χ1v) is 8.87. The van der Waals surface area contributed by atoms with Gasteiger partial charge in [-0.15, -0.1) is 0 Å². The second kappa shape index (κ2) is 7.30. The molecule has 26 heavy (non-hydrogen) atoms. The van der Waals surface area contributed by atoms with E-state index in [9.17, 15) is 9.18 Å². The quantitative estimate of drug-likeness (QED) is 0.722. The van der Waals surface area contributed by atoms with Crippen LogP contribution < -0.4 is 0 Å². The van der Waals surface area contributed by atoms with Gasteiger partial charge < -0.3 is 14.2 Å². The smallest absolute Gasteiger partial charge is 0.227 e. The Labute approximate surface area is 151 Å². The molecule has 0 spiro atoms. The Bertz CT molecular complexity index is 911. The second-order valence-electron chi connectivity index (χ2n) is 6.60. The lowest BCUT2D eigenvalue weighted by molar-refractivity contribution is -0.134. The van der Waals surface area contributed by atoms with Crippen LogP contribution in [0.25, 0.3) is 10.9 Å². The molecular weight excluding hydrogens is 331 g/mol. The second-order valence-corrected chi connectivity index (χ2v) is 6.60. The Balaban J connectivity index is 1.61. The maximum Gasteiger partial charge on any atom is 0.227 e. The highest BCUT2D eigenvalue weighted by atomic mass is 19.1. The van der Waals surface area contributed by atoms with E-state index < -0.39 is 0 Å². The van der Waals surface area contributed by atoms with Gasteiger partial charge in [-0.2, -0.15) is 0 Å². The van der Waals surface area contributed by atoms with Crippen LogP contribution in [0.5, 0.6) is 0 Å². The van der Waals surface area contributed by atoms with Crippen LogP contribution >= 0.6 is 0 Å². The number of fused-ring (bicyclic) bond motifs is 1. The van der Waals surface area contributed by atoms with E-state index >= 15 is 0 Å². The molecule has 0 saturated carbocycles. The zero-order valence-corrected chi connectivity index (χ0v) is 14.5. The molecule has 1 aromatic heterocycles. The van der Waals surface area contributed by atoms with Crippen LogP contribution in [0.2, 0.25) is 0 Å². The number of hydrogen-bond acceptors (Lipinski definition) is 2. The van der Waals surface area contributed by atoms with Crippen LogP contribution in [-0.2, 0) is 22.5 Å². The lowest BCUT2D eigenvalue weighted by Crippen LogP contribution is -2.41. The van der Waals surface area contributed by atoms with Gasteiger partial charge in [0.1, 0.15) is 5.82 Å². The van der Waals surface area contributed by atoms with E-state index in [1.807, 2.05) is 23.2 Å². The first-order chi connectivity index (χ1) is 12.7. The molecule has 1 aliphatic heterocycles. The summed E-state index contributed by atoms with van der Waals surface area (Å²) in [5.74, 6) is -0.0964. The minimum atomic E-state index is -0.233. The van der Waals surface area contributed by atoms with Gasteiger partial charge in [0.15, 0.2) is 0 Å². The van der Waals surface area contributed by atoms with E-state index in [1.54, 1.807) is 12.1 Å². The number of ether oxygens (including phenoxy) is 1. The molecule has 1 aliphatic rings. The van der Waals surface area contributed by atoms with Gasteiger partial charge in [-0.05, 0) is 29.3 Å². The van der Waals surface area contributed by atoms with Crippen molar-refractivity contribution >= 4 is 16.8 Å². The Kier molecular flexibility index (Phi) is 4.71. The fraction of sp³-hybridized carbons (Fsp3) is 0.286. The van der Waals surface area contributed by atoms with Gasteiger partial charge >= 0.3 is 0 Å². The average Bonchev–Trinajstić information content (AvgIpc) is 3.02. The molecule has 0 radical (unpaired) electrons. The van der Waals surface area contributed by atoms with Gasteiger partial charge in [0, 0.05) is 36.7 Å². The van der Waals surface area contributed by atoms with Crippen LogP contribution in [0.4, 0.5) is 4.39 Å².